The maximum absolute atomic E-state index is 12.9. The highest BCUT2D eigenvalue weighted by molar-refractivity contribution is 7.09. The lowest BCUT2D eigenvalue weighted by atomic mass is 10.2. The number of thiazole rings is 1. The van der Waals surface area contributed by atoms with E-state index in [1.54, 1.807) is 11.0 Å². The van der Waals surface area contributed by atoms with Crippen molar-refractivity contribution in [2.75, 3.05) is 45.9 Å². The van der Waals surface area contributed by atoms with Gasteiger partial charge in [0.1, 0.15) is 17.4 Å². The number of ether oxygens (including phenoxy) is 2. The minimum absolute atomic E-state index is 0.0896. The first-order chi connectivity index (χ1) is 15.6. The predicted molar refractivity (Wildman–Crippen MR) is 125 cm³/mol. The smallest absolute Gasteiger partial charge is 0.317 e. The molecule has 0 spiro atoms. The van der Waals surface area contributed by atoms with Crippen LogP contribution in [0.15, 0.2) is 23.6 Å². The number of amides is 2. The SMILES string of the molecule is CCCNC(=O)N(CCN1CCOCC1)Cc1cc(Cl)ccc1OCc1nc(CO)cs1. The van der Waals surface area contributed by atoms with Crippen molar-refractivity contribution in [3.05, 3.63) is 44.9 Å². The Morgan fingerprint density at radius 1 is 1.41 bits per heavy atom. The second-order valence-corrected chi connectivity index (χ2v) is 8.92. The van der Waals surface area contributed by atoms with Crippen molar-refractivity contribution in [2.24, 2.45) is 0 Å². The molecule has 0 atom stereocenters. The first kappa shape index (κ1) is 24.7. The van der Waals surface area contributed by atoms with Gasteiger partial charge >= 0.3 is 6.03 Å². The van der Waals surface area contributed by atoms with Crippen molar-refractivity contribution in [3.8, 4) is 5.75 Å². The summed E-state index contributed by atoms with van der Waals surface area (Å²) in [5.74, 6) is 0.662. The van der Waals surface area contributed by atoms with Crippen LogP contribution < -0.4 is 10.1 Å². The van der Waals surface area contributed by atoms with Crippen LogP contribution in [0.1, 0.15) is 29.6 Å². The molecule has 3 rings (SSSR count). The number of rotatable bonds is 11. The van der Waals surface area contributed by atoms with Gasteiger partial charge in [0.2, 0.25) is 0 Å². The molecule has 1 aromatic carbocycles. The summed E-state index contributed by atoms with van der Waals surface area (Å²) in [6, 6.07) is 5.34. The standard InChI is InChI=1S/C22H31ClN4O4S/c1-2-5-24-22(29)27(7-6-26-8-10-30-11-9-26)13-17-12-18(23)3-4-20(17)31-15-21-25-19(14-28)16-32-21/h3-4,12,16,28H,2,5-11,13-15H2,1H3,(H,24,29). The fraction of sp³-hybridized carbons (Fsp3) is 0.545. The molecule has 176 valence electrons. The molecule has 1 saturated heterocycles. The summed E-state index contributed by atoms with van der Waals surface area (Å²) in [4.78, 5) is 21.3. The molecule has 2 heterocycles. The number of nitrogens with zero attached hydrogens (tertiary/aromatic N) is 3. The van der Waals surface area contributed by atoms with Crippen LogP contribution >= 0.6 is 22.9 Å². The molecular weight excluding hydrogens is 452 g/mol. The van der Waals surface area contributed by atoms with E-state index in [9.17, 15) is 9.90 Å². The van der Waals surface area contributed by atoms with Crippen molar-refractivity contribution >= 4 is 29.0 Å². The van der Waals surface area contributed by atoms with E-state index in [1.807, 2.05) is 24.4 Å². The molecule has 2 amide bonds. The largest absolute Gasteiger partial charge is 0.486 e. The maximum Gasteiger partial charge on any atom is 0.317 e. The summed E-state index contributed by atoms with van der Waals surface area (Å²) in [6.45, 7) is 7.81. The van der Waals surface area contributed by atoms with Gasteiger partial charge in [-0.05, 0) is 24.6 Å². The summed E-state index contributed by atoms with van der Waals surface area (Å²) < 4.78 is 11.4. The molecular formula is C22H31ClN4O4S. The first-order valence-electron chi connectivity index (χ1n) is 10.9. The molecule has 10 heteroatoms. The van der Waals surface area contributed by atoms with Crippen molar-refractivity contribution in [1.82, 2.24) is 20.1 Å². The summed E-state index contributed by atoms with van der Waals surface area (Å²) >= 11 is 7.71. The summed E-state index contributed by atoms with van der Waals surface area (Å²) in [6.07, 6.45) is 0.873. The van der Waals surface area contributed by atoms with E-state index in [2.05, 4.69) is 15.2 Å². The highest BCUT2D eigenvalue weighted by atomic mass is 35.5. The van der Waals surface area contributed by atoms with Crippen molar-refractivity contribution < 1.29 is 19.4 Å². The minimum atomic E-state index is -0.0986. The Kier molecular flexibility index (Phi) is 10.0. The van der Waals surface area contributed by atoms with Gasteiger partial charge in [-0.2, -0.15) is 0 Å². The number of aromatic nitrogens is 1. The Labute approximate surface area is 198 Å². The number of nitrogens with one attached hydrogen (secondary N) is 1. The highest BCUT2D eigenvalue weighted by Crippen LogP contribution is 2.26. The molecule has 0 bridgehead atoms. The molecule has 0 saturated carbocycles. The summed E-state index contributed by atoms with van der Waals surface area (Å²) in [5, 5.41) is 15.4. The topological polar surface area (TPSA) is 87.2 Å². The lowest BCUT2D eigenvalue weighted by Gasteiger charge is -2.30. The number of morpholine rings is 1. The monoisotopic (exact) mass is 482 g/mol. The van der Waals surface area contributed by atoms with E-state index in [0.717, 1.165) is 49.8 Å². The van der Waals surface area contributed by atoms with Crippen LogP contribution in [0.25, 0.3) is 0 Å². The molecule has 2 aromatic rings. The van der Waals surface area contributed by atoms with Gasteiger partial charge in [0.25, 0.3) is 0 Å². The average Bonchev–Trinajstić information content (AvgIpc) is 3.28. The number of carbonyl (C=O) groups is 1. The van der Waals surface area contributed by atoms with Crippen LogP contribution in [0.5, 0.6) is 5.75 Å². The normalized spacial score (nSPS) is 14.3. The third-order valence-corrected chi connectivity index (χ3v) is 6.21. The molecule has 0 unspecified atom stereocenters. The molecule has 1 aliphatic rings. The third kappa shape index (κ3) is 7.60. The first-order valence-corrected chi connectivity index (χ1v) is 12.1. The van der Waals surface area contributed by atoms with Gasteiger partial charge in [0.15, 0.2) is 0 Å². The third-order valence-electron chi connectivity index (χ3n) is 5.10. The fourth-order valence-electron chi connectivity index (χ4n) is 3.33. The van der Waals surface area contributed by atoms with Crippen molar-refractivity contribution in [3.63, 3.8) is 0 Å². The van der Waals surface area contributed by atoms with Gasteiger partial charge in [-0.15, -0.1) is 11.3 Å². The zero-order chi connectivity index (χ0) is 22.8. The van der Waals surface area contributed by atoms with Gasteiger partial charge in [0, 0.05) is 48.7 Å². The number of hydrogen-bond donors (Lipinski definition) is 2. The Morgan fingerprint density at radius 2 is 2.22 bits per heavy atom. The zero-order valence-electron chi connectivity index (χ0n) is 18.4. The highest BCUT2D eigenvalue weighted by Gasteiger charge is 2.19. The van der Waals surface area contributed by atoms with Crippen LogP contribution in [0.2, 0.25) is 5.02 Å². The molecule has 1 fully saturated rings. The minimum Gasteiger partial charge on any atom is -0.486 e. The van der Waals surface area contributed by atoms with Crippen LogP contribution in [0.3, 0.4) is 0 Å². The zero-order valence-corrected chi connectivity index (χ0v) is 20.0. The van der Waals surface area contributed by atoms with Gasteiger partial charge in [-0.1, -0.05) is 18.5 Å². The fourth-order valence-corrected chi connectivity index (χ4v) is 4.22. The van der Waals surface area contributed by atoms with Crippen LogP contribution in [-0.4, -0.2) is 71.9 Å². The number of benzene rings is 1. The summed E-state index contributed by atoms with van der Waals surface area (Å²) in [5.41, 5.74) is 1.47. The number of urea groups is 1. The van der Waals surface area contributed by atoms with E-state index >= 15 is 0 Å². The predicted octanol–water partition coefficient (Wildman–Crippen LogP) is 3.12. The molecule has 1 aromatic heterocycles. The molecule has 0 radical (unpaired) electrons. The Bertz CT molecular complexity index is 860. The van der Waals surface area contributed by atoms with Crippen LogP contribution in [0, 0.1) is 0 Å². The lowest BCUT2D eigenvalue weighted by Crippen LogP contribution is -2.46. The van der Waals surface area contributed by atoms with E-state index in [4.69, 9.17) is 21.1 Å². The second-order valence-electron chi connectivity index (χ2n) is 7.54. The maximum atomic E-state index is 12.9. The van der Waals surface area contributed by atoms with E-state index in [-0.39, 0.29) is 19.2 Å². The van der Waals surface area contributed by atoms with Crippen LogP contribution in [-0.2, 0) is 24.5 Å². The lowest BCUT2D eigenvalue weighted by molar-refractivity contribution is 0.0346. The Hall–Kier alpha value is -1.91. The molecule has 8 nitrogen and oxygen atoms in total. The van der Waals surface area contributed by atoms with E-state index < -0.39 is 0 Å². The van der Waals surface area contributed by atoms with Gasteiger partial charge in [-0.3, -0.25) is 4.90 Å². The van der Waals surface area contributed by atoms with Crippen LogP contribution in [0.4, 0.5) is 4.79 Å². The van der Waals surface area contributed by atoms with Gasteiger partial charge in [-0.25, -0.2) is 9.78 Å². The quantitative estimate of drug-likeness (QED) is 0.511. The van der Waals surface area contributed by atoms with Gasteiger partial charge in [0.05, 0.1) is 32.1 Å². The number of aliphatic hydroxyl groups excluding tert-OH is 1. The molecule has 0 aliphatic carbocycles. The van der Waals surface area contributed by atoms with E-state index in [0.29, 0.717) is 36.1 Å². The van der Waals surface area contributed by atoms with Crippen molar-refractivity contribution in [2.45, 2.75) is 33.1 Å². The molecule has 1 aliphatic heterocycles. The number of halogens is 1. The Morgan fingerprint density at radius 3 is 2.94 bits per heavy atom. The van der Waals surface area contributed by atoms with E-state index in [1.165, 1.54) is 11.3 Å². The van der Waals surface area contributed by atoms with Crippen molar-refractivity contribution in [1.29, 1.82) is 0 Å². The Balaban J connectivity index is 1.69. The molecule has 2 N–H and O–H groups in total. The number of hydrogen-bond acceptors (Lipinski definition) is 7. The number of carbonyl (C=O) groups excluding carboxylic acids is 1. The second kappa shape index (κ2) is 13.0. The average molecular weight is 483 g/mol. The number of aliphatic hydroxyl groups is 1. The molecule has 32 heavy (non-hydrogen) atoms. The summed E-state index contributed by atoms with van der Waals surface area (Å²) in [7, 11) is 0. The van der Waals surface area contributed by atoms with Gasteiger partial charge < -0.3 is 24.8 Å².